The number of nitrogen functional groups attached to an aromatic ring is 1. The summed E-state index contributed by atoms with van der Waals surface area (Å²) in [5, 5.41) is 29.8. The fourth-order valence-electron chi connectivity index (χ4n) is 2.94. The number of carboxylic acid groups (broad SMARTS) is 2. The van der Waals surface area contributed by atoms with Crippen LogP contribution >= 0.6 is 23.2 Å². The molecule has 1 aromatic carbocycles. The van der Waals surface area contributed by atoms with E-state index in [1.54, 1.807) is 18.3 Å². The van der Waals surface area contributed by atoms with Crippen molar-refractivity contribution >= 4 is 40.8 Å². The average molecular weight is 542 g/mol. The van der Waals surface area contributed by atoms with Gasteiger partial charge in [0.15, 0.2) is 0 Å². The van der Waals surface area contributed by atoms with Gasteiger partial charge >= 0.3 is 11.9 Å². The highest BCUT2D eigenvalue weighted by molar-refractivity contribution is 6.38. The number of nitrogens with zero attached hydrogens (tertiary/aromatic N) is 1. The van der Waals surface area contributed by atoms with Crippen LogP contribution in [0.1, 0.15) is 42.9 Å². The number of carboxylic acids is 2. The Kier molecular flexibility index (Phi) is 16.2. The normalized spacial score (nSPS) is 11.6. The van der Waals surface area contributed by atoms with Crippen molar-refractivity contribution in [3.63, 3.8) is 0 Å². The fraction of sp³-hybridized carbons (Fsp3) is 0.400. The molecule has 0 aliphatic heterocycles. The zero-order valence-electron chi connectivity index (χ0n) is 19.9. The Morgan fingerprint density at radius 2 is 1.69 bits per heavy atom. The molecule has 198 valence electrons. The van der Waals surface area contributed by atoms with Crippen LogP contribution in [0.3, 0.4) is 0 Å². The standard InChI is InChI=1S/C21H29Cl2N3O2.C4H4O4/c22-18-12-17(13-19(23)21(18)24)20(27)15-26-8-3-1-2-4-10-28-11-7-16-6-5-9-25-14-16;5-3(6)1-2-4(7)8/h5-6,9,12-14,20,26-27H,1-4,7-8,10-11,15,24H2;1-2H,(H,5,6)(H,7,8)/b;2-1+. The summed E-state index contributed by atoms with van der Waals surface area (Å²) in [6, 6.07) is 7.33. The van der Waals surface area contributed by atoms with Crippen molar-refractivity contribution in [3.05, 3.63) is 70.0 Å². The van der Waals surface area contributed by atoms with E-state index in [1.807, 2.05) is 12.3 Å². The first-order valence-corrected chi connectivity index (χ1v) is 12.2. The number of rotatable bonds is 15. The molecular formula is C25H33Cl2N3O6. The number of nitrogens with one attached hydrogen (secondary N) is 1. The van der Waals surface area contributed by atoms with E-state index in [0.717, 1.165) is 51.9 Å². The lowest BCUT2D eigenvalue weighted by Gasteiger charge is -2.14. The van der Waals surface area contributed by atoms with Crippen LogP contribution < -0.4 is 11.1 Å². The summed E-state index contributed by atoms with van der Waals surface area (Å²) in [6.45, 7) is 2.85. The maximum atomic E-state index is 10.2. The molecular weight excluding hydrogens is 509 g/mol. The van der Waals surface area contributed by atoms with Gasteiger partial charge in [-0.25, -0.2) is 9.59 Å². The van der Waals surface area contributed by atoms with Crippen LogP contribution in [0.15, 0.2) is 48.8 Å². The van der Waals surface area contributed by atoms with Gasteiger partial charge in [-0.2, -0.15) is 0 Å². The number of benzene rings is 1. The van der Waals surface area contributed by atoms with Crippen molar-refractivity contribution in [1.29, 1.82) is 0 Å². The zero-order chi connectivity index (χ0) is 26.8. The third-order valence-corrected chi connectivity index (χ3v) is 5.47. The summed E-state index contributed by atoms with van der Waals surface area (Å²) in [5.74, 6) is -2.51. The zero-order valence-corrected chi connectivity index (χ0v) is 21.4. The average Bonchev–Trinajstić information content (AvgIpc) is 2.85. The molecule has 0 aliphatic rings. The number of aliphatic hydroxyl groups excluding tert-OH is 1. The lowest BCUT2D eigenvalue weighted by molar-refractivity contribution is -0.134. The molecule has 1 aromatic heterocycles. The van der Waals surface area contributed by atoms with Crippen molar-refractivity contribution < 1.29 is 29.6 Å². The monoisotopic (exact) mass is 541 g/mol. The number of nitrogens with two attached hydrogens (primary N) is 1. The number of aliphatic carboxylic acids is 2. The molecule has 0 saturated carbocycles. The first kappa shape index (κ1) is 31.3. The van der Waals surface area contributed by atoms with Crippen molar-refractivity contribution in [2.75, 3.05) is 32.0 Å². The Morgan fingerprint density at radius 1 is 1.06 bits per heavy atom. The summed E-state index contributed by atoms with van der Waals surface area (Å²) in [7, 11) is 0. The maximum absolute atomic E-state index is 10.2. The highest BCUT2D eigenvalue weighted by Crippen LogP contribution is 2.31. The van der Waals surface area contributed by atoms with Gasteiger partial charge in [0.05, 0.1) is 28.4 Å². The molecule has 0 radical (unpaired) electrons. The molecule has 1 atom stereocenters. The summed E-state index contributed by atoms with van der Waals surface area (Å²) in [4.78, 5) is 23.2. The number of hydrogen-bond donors (Lipinski definition) is 5. The summed E-state index contributed by atoms with van der Waals surface area (Å²) in [5.41, 5.74) is 7.93. The minimum absolute atomic E-state index is 0.341. The van der Waals surface area contributed by atoms with Crippen LogP contribution in [0.5, 0.6) is 0 Å². The van der Waals surface area contributed by atoms with Gasteiger partial charge in [-0.15, -0.1) is 0 Å². The summed E-state index contributed by atoms with van der Waals surface area (Å²) >= 11 is 12.0. The van der Waals surface area contributed by atoms with E-state index in [-0.39, 0.29) is 0 Å². The molecule has 0 bridgehead atoms. The Balaban J connectivity index is 0.000000697. The highest BCUT2D eigenvalue weighted by Gasteiger charge is 2.11. The third-order valence-electron chi connectivity index (χ3n) is 4.84. The molecule has 0 spiro atoms. The number of unbranched alkanes of at least 4 members (excludes halogenated alkanes) is 3. The van der Waals surface area contributed by atoms with E-state index >= 15 is 0 Å². The molecule has 0 saturated heterocycles. The molecule has 0 aliphatic carbocycles. The van der Waals surface area contributed by atoms with Crippen LogP contribution in [0.4, 0.5) is 5.69 Å². The first-order valence-electron chi connectivity index (χ1n) is 11.4. The molecule has 6 N–H and O–H groups in total. The minimum Gasteiger partial charge on any atom is -0.478 e. The number of anilines is 1. The molecule has 0 fully saturated rings. The lowest BCUT2D eigenvalue weighted by Crippen LogP contribution is -2.22. The van der Waals surface area contributed by atoms with Gasteiger partial charge in [0.2, 0.25) is 0 Å². The van der Waals surface area contributed by atoms with Gasteiger partial charge in [-0.1, -0.05) is 42.1 Å². The molecule has 2 aromatic rings. The van der Waals surface area contributed by atoms with Gasteiger partial charge in [0, 0.05) is 37.7 Å². The van der Waals surface area contributed by atoms with Crippen molar-refractivity contribution in [2.45, 2.75) is 38.2 Å². The number of ether oxygens (including phenoxy) is 1. The second kappa shape index (κ2) is 18.6. The Bertz CT molecular complexity index is 921. The molecule has 0 amide bonds. The summed E-state index contributed by atoms with van der Waals surface area (Å²) in [6.07, 6.45) is 9.42. The van der Waals surface area contributed by atoms with E-state index in [9.17, 15) is 14.7 Å². The quantitative estimate of drug-likeness (QED) is 0.127. The van der Waals surface area contributed by atoms with Crippen LogP contribution in [0.25, 0.3) is 0 Å². The van der Waals surface area contributed by atoms with E-state index in [2.05, 4.69) is 16.4 Å². The molecule has 1 unspecified atom stereocenters. The van der Waals surface area contributed by atoms with Crippen molar-refractivity contribution in [2.24, 2.45) is 0 Å². The van der Waals surface area contributed by atoms with Gasteiger partial charge in [0.25, 0.3) is 0 Å². The Morgan fingerprint density at radius 3 is 2.28 bits per heavy atom. The highest BCUT2D eigenvalue weighted by atomic mass is 35.5. The van der Waals surface area contributed by atoms with Gasteiger partial charge in [0.1, 0.15) is 0 Å². The lowest BCUT2D eigenvalue weighted by atomic mass is 10.1. The van der Waals surface area contributed by atoms with Crippen LogP contribution in [0, 0.1) is 0 Å². The molecule has 9 nitrogen and oxygen atoms in total. The maximum Gasteiger partial charge on any atom is 0.328 e. The Hall–Kier alpha value is -2.69. The molecule has 36 heavy (non-hydrogen) atoms. The summed E-state index contributed by atoms with van der Waals surface area (Å²) < 4.78 is 5.67. The number of aliphatic hydroxyl groups is 1. The number of pyridine rings is 1. The number of aromatic nitrogens is 1. The molecule has 11 heteroatoms. The minimum atomic E-state index is -1.26. The Labute approximate surface area is 220 Å². The van der Waals surface area contributed by atoms with Crippen LogP contribution in [-0.2, 0) is 20.7 Å². The van der Waals surface area contributed by atoms with Gasteiger partial charge < -0.3 is 31.1 Å². The SMILES string of the molecule is Nc1c(Cl)cc(C(O)CNCCCCCCOCCc2cccnc2)cc1Cl.O=C(O)/C=C/C(=O)O. The third kappa shape index (κ3) is 14.7. The predicted molar refractivity (Wildman–Crippen MR) is 140 cm³/mol. The van der Waals surface area contributed by atoms with Crippen LogP contribution in [-0.4, -0.2) is 58.5 Å². The van der Waals surface area contributed by atoms with E-state index < -0.39 is 18.0 Å². The van der Waals surface area contributed by atoms with Crippen molar-refractivity contribution in [1.82, 2.24) is 10.3 Å². The number of carbonyl (C=O) groups is 2. The van der Waals surface area contributed by atoms with E-state index in [1.165, 1.54) is 5.56 Å². The molecule has 1 heterocycles. The second-order valence-electron chi connectivity index (χ2n) is 7.77. The largest absolute Gasteiger partial charge is 0.478 e. The smallest absolute Gasteiger partial charge is 0.328 e. The topological polar surface area (TPSA) is 155 Å². The first-order chi connectivity index (χ1) is 17.2. The second-order valence-corrected chi connectivity index (χ2v) is 8.58. The fourth-order valence-corrected chi connectivity index (χ4v) is 3.45. The van der Waals surface area contributed by atoms with Crippen LogP contribution in [0.2, 0.25) is 10.0 Å². The number of halogens is 2. The van der Waals surface area contributed by atoms with E-state index in [4.69, 9.17) is 43.9 Å². The molecule has 2 rings (SSSR count). The predicted octanol–water partition coefficient (Wildman–Crippen LogP) is 4.13. The van der Waals surface area contributed by atoms with Gasteiger partial charge in [-0.3, -0.25) is 4.98 Å². The number of hydrogen-bond acceptors (Lipinski definition) is 7. The van der Waals surface area contributed by atoms with E-state index in [0.29, 0.717) is 40.0 Å². The van der Waals surface area contributed by atoms with Gasteiger partial charge in [-0.05, 0) is 55.1 Å². The van der Waals surface area contributed by atoms with Crippen molar-refractivity contribution in [3.8, 4) is 0 Å².